The van der Waals surface area contributed by atoms with Gasteiger partial charge in [-0.2, -0.15) is 0 Å². The van der Waals surface area contributed by atoms with Gasteiger partial charge in [-0.25, -0.2) is 17.6 Å². The Kier molecular flexibility index (Phi) is 5.74. The first kappa shape index (κ1) is 18.4. The third-order valence-corrected chi connectivity index (χ3v) is 3.36. The first-order chi connectivity index (χ1) is 11.8. The van der Waals surface area contributed by atoms with Crippen LogP contribution in [0.25, 0.3) is 0 Å². The van der Waals surface area contributed by atoms with Crippen LogP contribution >= 0.6 is 0 Å². The summed E-state index contributed by atoms with van der Waals surface area (Å²) in [6.45, 7) is 1.08. The second-order valence-electron chi connectivity index (χ2n) is 5.19. The molecule has 0 aliphatic heterocycles. The molecular weight excluding hydrogens is 340 g/mol. The van der Waals surface area contributed by atoms with Crippen LogP contribution in [0.2, 0.25) is 0 Å². The van der Waals surface area contributed by atoms with E-state index >= 15 is 0 Å². The van der Waals surface area contributed by atoms with Crippen molar-refractivity contribution in [3.05, 3.63) is 59.7 Å². The normalized spacial score (nSPS) is 10.4. The van der Waals surface area contributed by atoms with Crippen molar-refractivity contribution >= 4 is 23.2 Å². The zero-order valence-corrected chi connectivity index (χ0v) is 13.2. The summed E-state index contributed by atoms with van der Waals surface area (Å²) in [4.78, 5) is 24.7. The van der Waals surface area contributed by atoms with Crippen LogP contribution < -0.4 is 10.2 Å². The highest BCUT2D eigenvalue weighted by Crippen LogP contribution is 2.19. The highest BCUT2D eigenvalue weighted by atomic mass is 19.2. The van der Waals surface area contributed by atoms with Gasteiger partial charge < -0.3 is 10.2 Å². The Balaban J connectivity index is 2.04. The predicted octanol–water partition coefficient (Wildman–Crippen LogP) is 3.62. The van der Waals surface area contributed by atoms with Crippen molar-refractivity contribution < 1.29 is 27.2 Å². The van der Waals surface area contributed by atoms with Crippen molar-refractivity contribution in [2.45, 2.75) is 13.3 Å². The van der Waals surface area contributed by atoms with Crippen LogP contribution in [0.4, 0.5) is 28.9 Å². The Morgan fingerprint density at radius 1 is 0.960 bits per heavy atom. The van der Waals surface area contributed by atoms with E-state index in [2.05, 4.69) is 5.32 Å². The molecule has 2 aromatic rings. The number of anilines is 2. The second-order valence-corrected chi connectivity index (χ2v) is 5.19. The van der Waals surface area contributed by atoms with E-state index in [1.165, 1.54) is 13.0 Å². The monoisotopic (exact) mass is 354 g/mol. The van der Waals surface area contributed by atoms with E-state index in [1.54, 1.807) is 0 Å². The largest absolute Gasteiger partial charge is 0.324 e. The maximum absolute atomic E-state index is 13.5. The van der Waals surface area contributed by atoms with E-state index in [9.17, 15) is 27.2 Å². The Morgan fingerprint density at radius 3 is 2.28 bits per heavy atom. The lowest BCUT2D eigenvalue weighted by atomic mass is 10.2. The SMILES string of the molecule is CC(=O)N(CCC(=O)Nc1ccc(F)cc1F)c1ccc(F)c(F)c1. The summed E-state index contributed by atoms with van der Waals surface area (Å²) in [6, 6.07) is 5.60. The molecule has 0 aliphatic carbocycles. The van der Waals surface area contributed by atoms with E-state index in [0.717, 1.165) is 29.2 Å². The lowest BCUT2D eigenvalue weighted by Gasteiger charge is -2.21. The van der Waals surface area contributed by atoms with Crippen molar-refractivity contribution in [3.8, 4) is 0 Å². The first-order valence-electron chi connectivity index (χ1n) is 7.26. The third kappa shape index (κ3) is 4.79. The van der Waals surface area contributed by atoms with E-state index in [0.29, 0.717) is 6.07 Å². The molecule has 1 N–H and O–H groups in total. The number of hydrogen-bond donors (Lipinski definition) is 1. The Hall–Kier alpha value is -2.90. The van der Waals surface area contributed by atoms with Gasteiger partial charge in [0.25, 0.3) is 0 Å². The number of benzene rings is 2. The van der Waals surface area contributed by atoms with Crippen molar-refractivity contribution in [3.63, 3.8) is 0 Å². The lowest BCUT2D eigenvalue weighted by molar-refractivity contribution is -0.117. The molecule has 0 spiro atoms. The van der Waals surface area contributed by atoms with Gasteiger partial charge in [0.1, 0.15) is 11.6 Å². The number of carbonyl (C=O) groups excluding carboxylic acids is 2. The van der Waals surface area contributed by atoms with E-state index in [4.69, 9.17) is 0 Å². The molecule has 0 fully saturated rings. The summed E-state index contributed by atoms with van der Waals surface area (Å²) < 4.78 is 52.6. The number of rotatable bonds is 5. The van der Waals surface area contributed by atoms with Gasteiger partial charge in [0.2, 0.25) is 11.8 Å². The molecule has 0 bridgehead atoms. The van der Waals surface area contributed by atoms with Gasteiger partial charge in [0.05, 0.1) is 5.69 Å². The van der Waals surface area contributed by atoms with Crippen LogP contribution in [-0.2, 0) is 9.59 Å². The Morgan fingerprint density at radius 2 is 1.68 bits per heavy atom. The van der Waals surface area contributed by atoms with Crippen LogP contribution in [0.15, 0.2) is 36.4 Å². The molecule has 2 aromatic carbocycles. The van der Waals surface area contributed by atoms with Crippen molar-refractivity contribution in [1.29, 1.82) is 0 Å². The highest BCUT2D eigenvalue weighted by Gasteiger charge is 2.16. The molecule has 0 atom stereocenters. The van der Waals surface area contributed by atoms with Crippen molar-refractivity contribution in [1.82, 2.24) is 0 Å². The first-order valence-corrected chi connectivity index (χ1v) is 7.26. The smallest absolute Gasteiger partial charge is 0.226 e. The molecule has 0 saturated carbocycles. The van der Waals surface area contributed by atoms with Crippen LogP contribution in [0.5, 0.6) is 0 Å². The predicted molar refractivity (Wildman–Crippen MR) is 84.0 cm³/mol. The maximum atomic E-state index is 13.5. The number of nitrogens with zero attached hydrogens (tertiary/aromatic N) is 1. The van der Waals surface area contributed by atoms with Crippen LogP contribution in [-0.4, -0.2) is 18.4 Å². The molecule has 4 nitrogen and oxygen atoms in total. The molecule has 2 rings (SSSR count). The number of carbonyl (C=O) groups is 2. The summed E-state index contributed by atoms with van der Waals surface area (Å²) in [5.41, 5.74) is -0.110. The van der Waals surface area contributed by atoms with Gasteiger partial charge in [-0.1, -0.05) is 0 Å². The van der Waals surface area contributed by atoms with Gasteiger partial charge in [0, 0.05) is 37.7 Å². The van der Waals surface area contributed by atoms with Crippen molar-refractivity contribution in [2.75, 3.05) is 16.8 Å². The fraction of sp³-hybridized carbons (Fsp3) is 0.176. The van der Waals surface area contributed by atoms with Crippen molar-refractivity contribution in [2.24, 2.45) is 0 Å². The quantitative estimate of drug-likeness (QED) is 0.834. The van der Waals surface area contributed by atoms with Gasteiger partial charge in [0.15, 0.2) is 11.6 Å². The fourth-order valence-electron chi connectivity index (χ4n) is 2.14. The summed E-state index contributed by atoms with van der Waals surface area (Å²) in [5, 5.41) is 2.25. The van der Waals surface area contributed by atoms with E-state index in [-0.39, 0.29) is 24.3 Å². The lowest BCUT2D eigenvalue weighted by Crippen LogP contribution is -2.32. The molecule has 2 amide bonds. The summed E-state index contributed by atoms with van der Waals surface area (Å²) >= 11 is 0. The van der Waals surface area contributed by atoms with Crippen LogP contribution in [0.1, 0.15) is 13.3 Å². The number of hydrogen-bond acceptors (Lipinski definition) is 2. The van der Waals surface area contributed by atoms with E-state index in [1.807, 2.05) is 0 Å². The zero-order valence-electron chi connectivity index (χ0n) is 13.2. The molecular formula is C17H14F4N2O2. The fourth-order valence-corrected chi connectivity index (χ4v) is 2.14. The molecule has 0 radical (unpaired) electrons. The number of amides is 2. The Labute approximate surface area is 141 Å². The van der Waals surface area contributed by atoms with Gasteiger partial charge in [-0.3, -0.25) is 9.59 Å². The van der Waals surface area contributed by atoms with E-state index < -0.39 is 35.1 Å². The molecule has 8 heteroatoms. The number of halogens is 4. The second kappa shape index (κ2) is 7.78. The molecule has 0 heterocycles. The Bertz CT molecular complexity index is 811. The number of nitrogens with one attached hydrogen (secondary N) is 1. The summed E-state index contributed by atoms with van der Waals surface area (Å²) in [6.07, 6.45) is -0.227. The zero-order chi connectivity index (χ0) is 18.6. The topological polar surface area (TPSA) is 49.4 Å². The minimum absolute atomic E-state index is 0.0900. The molecule has 0 aromatic heterocycles. The van der Waals surface area contributed by atoms with Crippen LogP contribution in [0, 0.1) is 23.3 Å². The molecule has 0 unspecified atom stereocenters. The molecule has 132 valence electrons. The molecule has 0 saturated heterocycles. The average Bonchev–Trinajstić information content (AvgIpc) is 2.53. The van der Waals surface area contributed by atoms with Crippen LogP contribution in [0.3, 0.4) is 0 Å². The standard InChI is InChI=1S/C17H14F4N2O2/c1-10(24)23(12-3-4-13(19)14(20)9-12)7-6-17(25)22-16-5-2-11(18)8-15(16)21/h2-5,8-9H,6-7H2,1H3,(H,22,25). The molecule has 0 aliphatic rings. The van der Waals surface area contributed by atoms with Gasteiger partial charge in [-0.15, -0.1) is 0 Å². The average molecular weight is 354 g/mol. The highest BCUT2D eigenvalue weighted by molar-refractivity contribution is 5.94. The minimum Gasteiger partial charge on any atom is -0.324 e. The maximum Gasteiger partial charge on any atom is 0.226 e. The molecule has 25 heavy (non-hydrogen) atoms. The van der Waals surface area contributed by atoms with Gasteiger partial charge in [-0.05, 0) is 24.3 Å². The summed E-state index contributed by atoms with van der Waals surface area (Å²) in [5.74, 6) is -5.00. The van der Waals surface area contributed by atoms with Gasteiger partial charge >= 0.3 is 0 Å². The third-order valence-electron chi connectivity index (χ3n) is 3.36. The minimum atomic E-state index is -1.12. The summed E-state index contributed by atoms with van der Waals surface area (Å²) in [7, 11) is 0.